The van der Waals surface area contributed by atoms with E-state index in [0.29, 0.717) is 12.5 Å². The summed E-state index contributed by atoms with van der Waals surface area (Å²) in [7, 11) is 0. The Hall–Kier alpha value is -2.43. The van der Waals surface area contributed by atoms with E-state index in [0.717, 1.165) is 16.8 Å². The van der Waals surface area contributed by atoms with Gasteiger partial charge in [-0.2, -0.15) is 0 Å². The van der Waals surface area contributed by atoms with Crippen molar-refractivity contribution in [2.45, 2.75) is 13.3 Å². The predicted molar refractivity (Wildman–Crippen MR) is 72.9 cm³/mol. The number of nitrogens with zero attached hydrogens (tertiary/aromatic N) is 2. The minimum atomic E-state index is -0.845. The number of anilines is 1. The molecule has 0 bridgehead atoms. The van der Waals surface area contributed by atoms with Gasteiger partial charge in [0.1, 0.15) is 0 Å². The Labute approximate surface area is 111 Å². The SMILES string of the molecule is Cc1ccccc1-c1ccnc(NCCC(=O)O)n1. The molecule has 0 aliphatic rings. The first-order valence-corrected chi connectivity index (χ1v) is 6.01. The average molecular weight is 257 g/mol. The van der Waals surface area contributed by atoms with Crippen LogP contribution in [0.15, 0.2) is 36.5 Å². The van der Waals surface area contributed by atoms with E-state index in [-0.39, 0.29) is 6.42 Å². The molecule has 0 saturated heterocycles. The summed E-state index contributed by atoms with van der Waals surface area (Å²) >= 11 is 0. The van der Waals surface area contributed by atoms with Gasteiger partial charge in [0, 0.05) is 18.3 Å². The summed E-state index contributed by atoms with van der Waals surface area (Å²) in [5.74, 6) is -0.399. The summed E-state index contributed by atoms with van der Waals surface area (Å²) in [6.45, 7) is 2.33. The molecule has 5 heteroatoms. The van der Waals surface area contributed by atoms with E-state index < -0.39 is 5.97 Å². The van der Waals surface area contributed by atoms with Gasteiger partial charge in [-0.15, -0.1) is 0 Å². The van der Waals surface area contributed by atoms with Gasteiger partial charge in [-0.25, -0.2) is 9.97 Å². The normalized spacial score (nSPS) is 10.2. The number of carbonyl (C=O) groups is 1. The number of hydrogen-bond donors (Lipinski definition) is 2. The lowest BCUT2D eigenvalue weighted by Crippen LogP contribution is -2.09. The van der Waals surface area contributed by atoms with E-state index in [1.165, 1.54) is 0 Å². The van der Waals surface area contributed by atoms with Crippen LogP contribution in [0.1, 0.15) is 12.0 Å². The third-order valence-corrected chi connectivity index (χ3v) is 2.70. The van der Waals surface area contributed by atoms with Crippen molar-refractivity contribution in [3.8, 4) is 11.3 Å². The Morgan fingerprint density at radius 3 is 2.84 bits per heavy atom. The van der Waals surface area contributed by atoms with Crippen molar-refractivity contribution in [3.63, 3.8) is 0 Å². The van der Waals surface area contributed by atoms with Crippen molar-refractivity contribution in [2.24, 2.45) is 0 Å². The molecule has 0 radical (unpaired) electrons. The molecule has 1 aromatic heterocycles. The number of aliphatic carboxylic acids is 1. The lowest BCUT2D eigenvalue weighted by Gasteiger charge is -2.07. The highest BCUT2D eigenvalue weighted by atomic mass is 16.4. The third-order valence-electron chi connectivity index (χ3n) is 2.70. The van der Waals surface area contributed by atoms with Gasteiger partial charge in [-0.3, -0.25) is 4.79 Å². The minimum Gasteiger partial charge on any atom is -0.481 e. The van der Waals surface area contributed by atoms with Crippen molar-refractivity contribution in [1.82, 2.24) is 9.97 Å². The number of nitrogens with one attached hydrogen (secondary N) is 1. The Balaban J connectivity index is 2.15. The van der Waals surface area contributed by atoms with Gasteiger partial charge in [0.25, 0.3) is 0 Å². The molecule has 0 aliphatic carbocycles. The zero-order chi connectivity index (χ0) is 13.7. The average Bonchev–Trinajstić information content (AvgIpc) is 2.39. The van der Waals surface area contributed by atoms with Gasteiger partial charge < -0.3 is 10.4 Å². The molecule has 2 aromatic rings. The zero-order valence-electron chi connectivity index (χ0n) is 10.6. The van der Waals surface area contributed by atoms with E-state index in [1.54, 1.807) is 6.20 Å². The molecule has 0 fully saturated rings. The Morgan fingerprint density at radius 1 is 1.32 bits per heavy atom. The number of hydrogen-bond acceptors (Lipinski definition) is 4. The second-order valence-corrected chi connectivity index (χ2v) is 4.15. The molecule has 0 atom stereocenters. The fourth-order valence-electron chi connectivity index (χ4n) is 1.74. The first kappa shape index (κ1) is 13.0. The van der Waals surface area contributed by atoms with Gasteiger partial charge in [0.05, 0.1) is 12.1 Å². The molecule has 5 nitrogen and oxygen atoms in total. The summed E-state index contributed by atoms with van der Waals surface area (Å²) in [6, 6.07) is 9.80. The van der Waals surface area contributed by atoms with Crippen molar-refractivity contribution in [2.75, 3.05) is 11.9 Å². The molecule has 0 saturated carbocycles. The molecule has 0 unspecified atom stereocenters. The third kappa shape index (κ3) is 3.51. The Kier molecular flexibility index (Phi) is 4.07. The second-order valence-electron chi connectivity index (χ2n) is 4.15. The summed E-state index contributed by atoms with van der Waals surface area (Å²) in [6.07, 6.45) is 1.70. The smallest absolute Gasteiger partial charge is 0.305 e. The highest BCUT2D eigenvalue weighted by molar-refractivity contribution is 5.67. The fraction of sp³-hybridized carbons (Fsp3) is 0.214. The zero-order valence-corrected chi connectivity index (χ0v) is 10.6. The number of carboxylic acid groups (broad SMARTS) is 1. The quantitative estimate of drug-likeness (QED) is 0.859. The van der Waals surface area contributed by atoms with Crippen LogP contribution in [-0.4, -0.2) is 27.6 Å². The van der Waals surface area contributed by atoms with Gasteiger partial charge in [0.2, 0.25) is 5.95 Å². The topological polar surface area (TPSA) is 75.1 Å². The lowest BCUT2D eigenvalue weighted by atomic mass is 10.1. The van der Waals surface area contributed by atoms with E-state index in [1.807, 2.05) is 37.3 Å². The maximum atomic E-state index is 10.4. The Bertz CT molecular complexity index is 584. The molecule has 98 valence electrons. The van der Waals surface area contributed by atoms with E-state index in [9.17, 15) is 4.79 Å². The molecular formula is C14H15N3O2. The number of benzene rings is 1. The maximum Gasteiger partial charge on any atom is 0.305 e. The van der Waals surface area contributed by atoms with Gasteiger partial charge >= 0.3 is 5.97 Å². The molecule has 1 heterocycles. The number of aryl methyl sites for hydroxylation is 1. The van der Waals surface area contributed by atoms with Crippen LogP contribution in [-0.2, 0) is 4.79 Å². The van der Waals surface area contributed by atoms with Crippen LogP contribution >= 0.6 is 0 Å². The summed E-state index contributed by atoms with van der Waals surface area (Å²) < 4.78 is 0. The fourth-order valence-corrected chi connectivity index (χ4v) is 1.74. The van der Waals surface area contributed by atoms with Crippen LogP contribution in [0.4, 0.5) is 5.95 Å². The standard InChI is InChI=1S/C14H15N3O2/c1-10-4-2-3-5-11(10)12-6-8-15-14(17-12)16-9-7-13(18)19/h2-6,8H,7,9H2,1H3,(H,18,19)(H,15,16,17). The monoisotopic (exact) mass is 257 g/mol. The molecule has 19 heavy (non-hydrogen) atoms. The van der Waals surface area contributed by atoms with Crippen LogP contribution in [0.5, 0.6) is 0 Å². The van der Waals surface area contributed by atoms with Crippen molar-refractivity contribution in [1.29, 1.82) is 0 Å². The molecule has 2 rings (SSSR count). The maximum absolute atomic E-state index is 10.4. The predicted octanol–water partition coefficient (Wildman–Crippen LogP) is 2.34. The van der Waals surface area contributed by atoms with Crippen LogP contribution in [0.25, 0.3) is 11.3 Å². The van der Waals surface area contributed by atoms with Crippen molar-refractivity contribution < 1.29 is 9.90 Å². The minimum absolute atomic E-state index is 0.0396. The number of carboxylic acids is 1. The van der Waals surface area contributed by atoms with Gasteiger partial charge in [0.15, 0.2) is 0 Å². The van der Waals surface area contributed by atoms with E-state index >= 15 is 0 Å². The first-order valence-electron chi connectivity index (χ1n) is 6.01. The van der Waals surface area contributed by atoms with Crippen LogP contribution < -0.4 is 5.32 Å². The van der Waals surface area contributed by atoms with E-state index in [2.05, 4.69) is 15.3 Å². The highest BCUT2D eigenvalue weighted by Crippen LogP contribution is 2.21. The lowest BCUT2D eigenvalue weighted by molar-refractivity contribution is -0.136. The van der Waals surface area contributed by atoms with Crippen LogP contribution in [0.2, 0.25) is 0 Å². The molecular weight excluding hydrogens is 242 g/mol. The number of aromatic nitrogens is 2. The Morgan fingerprint density at radius 2 is 2.11 bits per heavy atom. The molecule has 0 aliphatic heterocycles. The molecule has 0 spiro atoms. The highest BCUT2D eigenvalue weighted by Gasteiger charge is 2.04. The second kappa shape index (κ2) is 5.95. The molecule has 2 N–H and O–H groups in total. The van der Waals surface area contributed by atoms with Gasteiger partial charge in [-0.1, -0.05) is 24.3 Å². The van der Waals surface area contributed by atoms with Gasteiger partial charge in [-0.05, 0) is 18.6 Å². The molecule has 1 aromatic carbocycles. The first-order chi connectivity index (χ1) is 9.16. The van der Waals surface area contributed by atoms with Crippen molar-refractivity contribution >= 4 is 11.9 Å². The summed E-state index contributed by atoms with van der Waals surface area (Å²) in [5, 5.41) is 11.5. The summed E-state index contributed by atoms with van der Waals surface area (Å²) in [4.78, 5) is 18.9. The van der Waals surface area contributed by atoms with Crippen LogP contribution in [0.3, 0.4) is 0 Å². The van der Waals surface area contributed by atoms with E-state index in [4.69, 9.17) is 5.11 Å². The largest absolute Gasteiger partial charge is 0.481 e. The number of rotatable bonds is 5. The molecule has 0 amide bonds. The summed E-state index contributed by atoms with van der Waals surface area (Å²) in [5.41, 5.74) is 3.01. The van der Waals surface area contributed by atoms with Crippen molar-refractivity contribution in [3.05, 3.63) is 42.1 Å². The van der Waals surface area contributed by atoms with Crippen LogP contribution in [0, 0.1) is 6.92 Å².